The molecule has 5 heteroatoms. The van der Waals surface area contributed by atoms with Gasteiger partial charge in [0.05, 0.1) is 11.4 Å². The van der Waals surface area contributed by atoms with Crippen LogP contribution in [0, 0.1) is 11.8 Å². The van der Waals surface area contributed by atoms with E-state index < -0.39 is 0 Å². The molecule has 3 fully saturated rings. The molecule has 1 aromatic rings. The van der Waals surface area contributed by atoms with Crippen LogP contribution in [0.2, 0.25) is 10.4 Å². The topological polar surface area (TPSA) is 29.0 Å². The summed E-state index contributed by atoms with van der Waals surface area (Å²) in [7, 11) is 0. The third-order valence-electron chi connectivity index (χ3n) is 4.46. The Morgan fingerprint density at radius 1 is 1.05 bits per heavy atom. The number of fused-ring (bicyclic) bond motifs is 4. The fourth-order valence-electron chi connectivity index (χ4n) is 3.48. The second-order valence-corrected chi connectivity index (χ2v) is 6.42. The smallest absolute Gasteiger partial charge is 0.224 e. The van der Waals surface area contributed by atoms with Crippen molar-refractivity contribution in [1.29, 1.82) is 0 Å². The van der Waals surface area contributed by atoms with Crippen LogP contribution in [0.25, 0.3) is 0 Å². The average Bonchev–Trinajstić information content (AvgIpc) is 2.70. The van der Waals surface area contributed by atoms with E-state index in [1.54, 1.807) is 0 Å². The van der Waals surface area contributed by atoms with Gasteiger partial charge in [-0.2, -0.15) is 0 Å². The van der Waals surface area contributed by atoms with Gasteiger partial charge in [-0.05, 0) is 55.5 Å². The molecule has 0 radical (unpaired) electrons. The Labute approximate surface area is 124 Å². The number of hydrogen-bond acceptors (Lipinski definition) is 3. The summed E-state index contributed by atoms with van der Waals surface area (Å²) in [6.45, 7) is 4.27. The molecule has 0 aromatic carbocycles. The molecule has 3 heterocycles. The lowest BCUT2D eigenvalue weighted by Gasteiger charge is -2.27. The first-order chi connectivity index (χ1) is 9.17. The Kier molecular flexibility index (Phi) is 3.86. The van der Waals surface area contributed by atoms with Crippen molar-refractivity contribution in [2.24, 2.45) is 11.8 Å². The first kappa shape index (κ1) is 13.4. The van der Waals surface area contributed by atoms with Gasteiger partial charge >= 0.3 is 0 Å². The molecule has 0 atom stereocenters. The number of anilines is 1. The van der Waals surface area contributed by atoms with E-state index in [0.717, 1.165) is 42.7 Å². The molecule has 19 heavy (non-hydrogen) atoms. The van der Waals surface area contributed by atoms with Gasteiger partial charge in [-0.15, -0.1) is 0 Å². The van der Waals surface area contributed by atoms with Crippen molar-refractivity contribution < 1.29 is 0 Å². The molecule has 2 saturated heterocycles. The minimum absolute atomic E-state index is 0.253. The van der Waals surface area contributed by atoms with Gasteiger partial charge in [0.1, 0.15) is 0 Å². The minimum Gasteiger partial charge on any atom is -0.367 e. The van der Waals surface area contributed by atoms with Crippen LogP contribution >= 0.6 is 23.2 Å². The van der Waals surface area contributed by atoms with Gasteiger partial charge in [0.25, 0.3) is 0 Å². The SMILES string of the molecule is CCc1nc(Cl)nc(Cl)c1N1CC2CCC(CC2)C1. The van der Waals surface area contributed by atoms with Gasteiger partial charge in [-0.3, -0.25) is 0 Å². The molecule has 0 spiro atoms. The van der Waals surface area contributed by atoms with E-state index >= 15 is 0 Å². The number of hydrogen-bond donors (Lipinski definition) is 0. The normalized spacial score (nSPS) is 26.6. The maximum absolute atomic E-state index is 6.34. The molecule has 1 saturated carbocycles. The molecule has 0 unspecified atom stereocenters. The summed E-state index contributed by atoms with van der Waals surface area (Å²) in [6.07, 6.45) is 6.26. The van der Waals surface area contributed by atoms with Crippen molar-refractivity contribution in [1.82, 2.24) is 9.97 Å². The molecule has 0 N–H and O–H groups in total. The Morgan fingerprint density at radius 2 is 1.63 bits per heavy atom. The van der Waals surface area contributed by atoms with Crippen LogP contribution in [-0.2, 0) is 6.42 Å². The molecule has 3 nitrogen and oxygen atoms in total. The maximum Gasteiger partial charge on any atom is 0.224 e. The van der Waals surface area contributed by atoms with Crippen molar-refractivity contribution in [2.75, 3.05) is 18.0 Å². The number of halogens is 2. The van der Waals surface area contributed by atoms with Gasteiger partial charge in [0.2, 0.25) is 5.28 Å². The van der Waals surface area contributed by atoms with Gasteiger partial charge in [-0.1, -0.05) is 18.5 Å². The van der Waals surface area contributed by atoms with Crippen LogP contribution < -0.4 is 4.90 Å². The van der Waals surface area contributed by atoms with E-state index in [1.165, 1.54) is 25.7 Å². The van der Waals surface area contributed by atoms with Crippen molar-refractivity contribution in [3.05, 3.63) is 16.1 Å². The number of aromatic nitrogens is 2. The molecular weight excluding hydrogens is 281 g/mol. The second kappa shape index (κ2) is 5.45. The van der Waals surface area contributed by atoms with E-state index in [1.807, 2.05) is 0 Å². The highest BCUT2D eigenvalue weighted by Crippen LogP contribution is 2.38. The quantitative estimate of drug-likeness (QED) is 0.611. The predicted molar refractivity (Wildman–Crippen MR) is 79.1 cm³/mol. The van der Waals surface area contributed by atoms with E-state index in [9.17, 15) is 0 Å². The maximum atomic E-state index is 6.34. The van der Waals surface area contributed by atoms with Crippen LogP contribution in [0.5, 0.6) is 0 Å². The molecule has 4 rings (SSSR count). The van der Waals surface area contributed by atoms with Crippen LogP contribution in [0.15, 0.2) is 0 Å². The zero-order valence-electron chi connectivity index (χ0n) is 11.2. The van der Waals surface area contributed by atoms with E-state index in [2.05, 4.69) is 21.8 Å². The molecule has 3 aliphatic rings. The zero-order chi connectivity index (χ0) is 13.4. The molecule has 0 amide bonds. The highest BCUT2D eigenvalue weighted by Gasteiger charge is 2.31. The third kappa shape index (κ3) is 2.68. The van der Waals surface area contributed by atoms with Crippen LogP contribution in [0.3, 0.4) is 0 Å². The molecule has 2 aliphatic heterocycles. The second-order valence-electron chi connectivity index (χ2n) is 5.72. The fraction of sp³-hybridized carbons (Fsp3) is 0.714. The number of aryl methyl sites for hydroxylation is 1. The van der Waals surface area contributed by atoms with Crippen LogP contribution in [0.1, 0.15) is 38.3 Å². The Balaban J connectivity index is 1.97. The molecule has 2 bridgehead atoms. The Morgan fingerprint density at radius 3 is 2.16 bits per heavy atom. The highest BCUT2D eigenvalue weighted by atomic mass is 35.5. The lowest BCUT2D eigenvalue weighted by molar-refractivity contribution is 0.326. The fourth-order valence-corrected chi connectivity index (χ4v) is 4.02. The Hall–Kier alpha value is -0.540. The van der Waals surface area contributed by atoms with Crippen molar-refractivity contribution in [3.8, 4) is 0 Å². The van der Waals surface area contributed by atoms with E-state index in [0.29, 0.717) is 5.15 Å². The summed E-state index contributed by atoms with van der Waals surface area (Å²) in [5, 5.41) is 0.765. The summed E-state index contributed by atoms with van der Waals surface area (Å²) in [4.78, 5) is 10.9. The van der Waals surface area contributed by atoms with Gasteiger partial charge in [-0.25, -0.2) is 9.97 Å². The lowest BCUT2D eigenvalue weighted by atomic mass is 9.84. The monoisotopic (exact) mass is 299 g/mol. The Bertz CT molecular complexity index is 456. The first-order valence-corrected chi connectivity index (χ1v) is 7.89. The molecular formula is C14H19Cl2N3. The molecule has 1 aromatic heterocycles. The largest absolute Gasteiger partial charge is 0.367 e. The summed E-state index contributed by atoms with van der Waals surface area (Å²) < 4.78 is 0. The molecule has 104 valence electrons. The standard InChI is InChI=1S/C14H19Cl2N3/c1-2-11-12(13(15)18-14(16)17-11)19-7-9-3-4-10(8-19)6-5-9/h9-10H,2-8H2,1H3. The van der Waals surface area contributed by atoms with Crippen LogP contribution in [-0.4, -0.2) is 23.1 Å². The van der Waals surface area contributed by atoms with Gasteiger partial charge in [0.15, 0.2) is 5.15 Å². The lowest BCUT2D eigenvalue weighted by Crippen LogP contribution is -2.30. The number of rotatable bonds is 2. The predicted octanol–water partition coefficient (Wildman–Crippen LogP) is 3.97. The van der Waals surface area contributed by atoms with Crippen molar-refractivity contribution >= 4 is 28.9 Å². The first-order valence-electron chi connectivity index (χ1n) is 7.14. The van der Waals surface area contributed by atoms with Crippen molar-refractivity contribution in [3.63, 3.8) is 0 Å². The average molecular weight is 300 g/mol. The minimum atomic E-state index is 0.253. The highest BCUT2D eigenvalue weighted by molar-refractivity contribution is 6.33. The van der Waals surface area contributed by atoms with Gasteiger partial charge < -0.3 is 4.90 Å². The summed E-state index contributed by atoms with van der Waals surface area (Å²) >= 11 is 12.3. The van der Waals surface area contributed by atoms with E-state index in [-0.39, 0.29) is 5.28 Å². The van der Waals surface area contributed by atoms with E-state index in [4.69, 9.17) is 23.2 Å². The summed E-state index contributed by atoms with van der Waals surface area (Å²) in [5.74, 6) is 1.60. The summed E-state index contributed by atoms with van der Waals surface area (Å²) in [6, 6.07) is 0. The molecule has 1 aliphatic carbocycles. The van der Waals surface area contributed by atoms with Gasteiger partial charge in [0, 0.05) is 13.1 Å². The third-order valence-corrected chi connectivity index (χ3v) is 4.89. The zero-order valence-corrected chi connectivity index (χ0v) is 12.7. The summed E-state index contributed by atoms with van der Waals surface area (Å²) in [5.41, 5.74) is 2.00. The number of nitrogens with zero attached hydrogens (tertiary/aromatic N) is 3. The van der Waals surface area contributed by atoms with Crippen LogP contribution in [0.4, 0.5) is 5.69 Å². The van der Waals surface area contributed by atoms with Crippen molar-refractivity contribution in [2.45, 2.75) is 39.0 Å².